The second-order valence-corrected chi connectivity index (χ2v) is 6.47. The van der Waals surface area contributed by atoms with Gasteiger partial charge in [-0.2, -0.15) is 0 Å². The van der Waals surface area contributed by atoms with Gasteiger partial charge in [0.15, 0.2) is 0 Å². The second-order valence-electron chi connectivity index (χ2n) is 6.47. The van der Waals surface area contributed by atoms with Crippen molar-refractivity contribution in [2.24, 2.45) is 5.92 Å². The van der Waals surface area contributed by atoms with E-state index in [0.29, 0.717) is 18.5 Å². The van der Waals surface area contributed by atoms with E-state index in [1.807, 2.05) is 49.4 Å². The molecule has 5 nitrogen and oxygen atoms in total. The lowest BCUT2D eigenvalue weighted by atomic mass is 9.97. The number of aryl methyl sites for hydroxylation is 1. The summed E-state index contributed by atoms with van der Waals surface area (Å²) < 4.78 is 0. The number of carbonyl (C=O) groups excluding carboxylic acids is 1. The fraction of sp³-hybridized carbons (Fsp3) is 0.300. The maximum Gasteiger partial charge on any atom is 0.308 e. The van der Waals surface area contributed by atoms with Crippen LogP contribution in [0.3, 0.4) is 0 Å². The number of aliphatic carboxylic acids is 1. The molecule has 0 aromatic heterocycles. The monoisotopic (exact) mass is 338 g/mol. The van der Waals surface area contributed by atoms with E-state index in [2.05, 4.69) is 5.32 Å². The van der Waals surface area contributed by atoms with Crippen molar-refractivity contribution in [3.05, 3.63) is 59.7 Å². The van der Waals surface area contributed by atoms with Crippen molar-refractivity contribution in [1.29, 1.82) is 0 Å². The smallest absolute Gasteiger partial charge is 0.308 e. The van der Waals surface area contributed by atoms with E-state index in [0.717, 1.165) is 17.8 Å². The Labute approximate surface area is 147 Å². The lowest BCUT2D eigenvalue weighted by Gasteiger charge is -2.31. The van der Waals surface area contributed by atoms with Crippen molar-refractivity contribution in [1.82, 2.24) is 4.90 Å². The number of hydrogen-bond donors (Lipinski definition) is 2. The molecule has 0 aliphatic carbocycles. The molecule has 1 unspecified atom stereocenters. The molecule has 0 spiro atoms. The number of amides is 1. The average molecular weight is 338 g/mol. The van der Waals surface area contributed by atoms with Gasteiger partial charge < -0.3 is 15.3 Å². The first-order valence-electron chi connectivity index (χ1n) is 8.49. The molecule has 1 amide bonds. The summed E-state index contributed by atoms with van der Waals surface area (Å²) in [5.74, 6) is -1.43. The predicted octanol–water partition coefficient (Wildman–Crippen LogP) is 3.68. The van der Waals surface area contributed by atoms with Gasteiger partial charge in [0.25, 0.3) is 5.91 Å². The fourth-order valence-electron chi connectivity index (χ4n) is 3.10. The molecule has 1 fully saturated rings. The van der Waals surface area contributed by atoms with Crippen molar-refractivity contribution < 1.29 is 14.7 Å². The molecule has 0 saturated carbocycles. The van der Waals surface area contributed by atoms with Crippen molar-refractivity contribution in [2.45, 2.75) is 19.8 Å². The topological polar surface area (TPSA) is 69.6 Å². The number of para-hydroxylation sites is 1. The Morgan fingerprint density at radius 1 is 1.12 bits per heavy atom. The summed E-state index contributed by atoms with van der Waals surface area (Å²) in [5, 5.41) is 12.5. The Morgan fingerprint density at radius 2 is 1.84 bits per heavy atom. The Balaban J connectivity index is 1.81. The van der Waals surface area contributed by atoms with Gasteiger partial charge in [0.05, 0.1) is 17.2 Å². The first-order valence-corrected chi connectivity index (χ1v) is 8.49. The summed E-state index contributed by atoms with van der Waals surface area (Å²) in [6.45, 7) is 2.89. The van der Waals surface area contributed by atoms with Crippen LogP contribution in [0.2, 0.25) is 0 Å². The largest absolute Gasteiger partial charge is 0.481 e. The molecule has 1 aliphatic heterocycles. The highest BCUT2D eigenvalue weighted by molar-refractivity contribution is 6.00. The lowest BCUT2D eigenvalue weighted by Crippen LogP contribution is -2.42. The van der Waals surface area contributed by atoms with Gasteiger partial charge in [0.1, 0.15) is 0 Å². The molecule has 2 N–H and O–H groups in total. The fourth-order valence-corrected chi connectivity index (χ4v) is 3.10. The molecule has 1 atom stereocenters. The number of benzene rings is 2. The molecule has 5 heteroatoms. The standard InChI is InChI=1S/C20H22N2O3/c1-14-8-10-16(11-9-14)21-18-7-3-2-6-17(18)19(23)22-12-4-5-15(13-22)20(24)25/h2-3,6-11,15,21H,4-5,12-13H2,1H3,(H,24,25). The van der Waals surface area contributed by atoms with Gasteiger partial charge in [-0.1, -0.05) is 29.8 Å². The van der Waals surface area contributed by atoms with Gasteiger partial charge in [0.2, 0.25) is 0 Å². The molecule has 2 aromatic carbocycles. The number of rotatable bonds is 4. The maximum absolute atomic E-state index is 12.9. The number of carboxylic acid groups (broad SMARTS) is 1. The van der Waals surface area contributed by atoms with Crippen molar-refractivity contribution in [3.8, 4) is 0 Å². The molecule has 0 radical (unpaired) electrons. The third-order valence-electron chi connectivity index (χ3n) is 4.55. The lowest BCUT2D eigenvalue weighted by molar-refractivity contribution is -0.143. The molecule has 3 rings (SSSR count). The quantitative estimate of drug-likeness (QED) is 0.892. The van der Waals surface area contributed by atoms with Gasteiger partial charge in [-0.3, -0.25) is 9.59 Å². The number of nitrogens with one attached hydrogen (secondary N) is 1. The number of carboxylic acids is 1. The van der Waals surface area contributed by atoms with Crippen LogP contribution in [0.1, 0.15) is 28.8 Å². The molecule has 2 aromatic rings. The van der Waals surface area contributed by atoms with E-state index in [1.54, 1.807) is 11.0 Å². The zero-order valence-electron chi connectivity index (χ0n) is 14.2. The number of hydrogen-bond acceptors (Lipinski definition) is 3. The molecular formula is C20H22N2O3. The zero-order chi connectivity index (χ0) is 17.8. The molecule has 25 heavy (non-hydrogen) atoms. The molecule has 0 bridgehead atoms. The number of anilines is 2. The van der Waals surface area contributed by atoms with Crippen LogP contribution in [0.4, 0.5) is 11.4 Å². The number of piperidine rings is 1. The first-order chi connectivity index (χ1) is 12.0. The van der Waals surface area contributed by atoms with Crippen LogP contribution in [0.15, 0.2) is 48.5 Å². The molecule has 1 saturated heterocycles. The third kappa shape index (κ3) is 3.99. The van der Waals surface area contributed by atoms with Crippen LogP contribution >= 0.6 is 0 Å². The van der Waals surface area contributed by atoms with Crippen LogP contribution in [0, 0.1) is 12.8 Å². The van der Waals surface area contributed by atoms with E-state index in [9.17, 15) is 14.7 Å². The summed E-state index contributed by atoms with van der Waals surface area (Å²) >= 11 is 0. The van der Waals surface area contributed by atoms with Crippen molar-refractivity contribution in [3.63, 3.8) is 0 Å². The van der Waals surface area contributed by atoms with E-state index in [4.69, 9.17) is 0 Å². The predicted molar refractivity (Wildman–Crippen MR) is 97.2 cm³/mol. The van der Waals surface area contributed by atoms with Crippen LogP contribution in [-0.2, 0) is 4.79 Å². The summed E-state index contributed by atoms with van der Waals surface area (Å²) in [6.07, 6.45) is 1.35. The van der Waals surface area contributed by atoms with E-state index in [-0.39, 0.29) is 12.5 Å². The average Bonchev–Trinajstić information content (AvgIpc) is 2.63. The van der Waals surface area contributed by atoms with E-state index >= 15 is 0 Å². The number of likely N-dealkylation sites (tertiary alicyclic amines) is 1. The highest BCUT2D eigenvalue weighted by Gasteiger charge is 2.29. The molecule has 1 heterocycles. The van der Waals surface area contributed by atoms with Crippen LogP contribution in [0.25, 0.3) is 0 Å². The molecule has 130 valence electrons. The Hall–Kier alpha value is -2.82. The molecular weight excluding hydrogens is 316 g/mol. The normalized spacial score (nSPS) is 17.2. The van der Waals surface area contributed by atoms with Gasteiger partial charge in [-0.25, -0.2) is 0 Å². The van der Waals surface area contributed by atoms with E-state index < -0.39 is 11.9 Å². The highest BCUT2D eigenvalue weighted by Crippen LogP contribution is 2.25. The van der Waals surface area contributed by atoms with Gasteiger partial charge >= 0.3 is 5.97 Å². The summed E-state index contributed by atoms with van der Waals surface area (Å²) in [5.41, 5.74) is 3.37. The maximum atomic E-state index is 12.9. The minimum Gasteiger partial charge on any atom is -0.481 e. The summed E-state index contributed by atoms with van der Waals surface area (Å²) in [7, 11) is 0. The van der Waals surface area contributed by atoms with Gasteiger partial charge in [0, 0.05) is 18.8 Å². The summed E-state index contributed by atoms with van der Waals surface area (Å²) in [4.78, 5) is 25.8. The van der Waals surface area contributed by atoms with Gasteiger partial charge in [-0.15, -0.1) is 0 Å². The van der Waals surface area contributed by atoms with Crippen LogP contribution in [0.5, 0.6) is 0 Å². The zero-order valence-corrected chi connectivity index (χ0v) is 14.2. The first kappa shape index (κ1) is 17.0. The van der Waals surface area contributed by atoms with Crippen molar-refractivity contribution in [2.75, 3.05) is 18.4 Å². The Bertz CT molecular complexity index is 771. The minimum absolute atomic E-state index is 0.124. The minimum atomic E-state index is -0.830. The Kier molecular flexibility index (Phi) is 5.03. The molecule has 1 aliphatic rings. The third-order valence-corrected chi connectivity index (χ3v) is 4.55. The highest BCUT2D eigenvalue weighted by atomic mass is 16.4. The van der Waals surface area contributed by atoms with Crippen LogP contribution < -0.4 is 5.32 Å². The SMILES string of the molecule is Cc1ccc(Nc2ccccc2C(=O)N2CCCC(C(=O)O)C2)cc1. The van der Waals surface area contributed by atoms with Gasteiger partial charge in [-0.05, 0) is 44.0 Å². The number of carbonyl (C=O) groups is 2. The van der Waals surface area contributed by atoms with Crippen molar-refractivity contribution >= 4 is 23.3 Å². The Morgan fingerprint density at radius 3 is 2.56 bits per heavy atom. The van der Waals surface area contributed by atoms with E-state index in [1.165, 1.54) is 5.56 Å². The number of nitrogens with zero attached hydrogens (tertiary/aromatic N) is 1. The second kappa shape index (κ2) is 7.38. The van der Waals surface area contributed by atoms with Crippen LogP contribution in [-0.4, -0.2) is 35.0 Å². The summed E-state index contributed by atoms with van der Waals surface area (Å²) in [6, 6.07) is 15.3.